The summed E-state index contributed by atoms with van der Waals surface area (Å²) in [5.41, 5.74) is 0.970. The minimum atomic E-state index is -0.440. The minimum Gasteiger partial charge on any atom is -0.459 e. The first-order valence-electron chi connectivity index (χ1n) is 7.84. The summed E-state index contributed by atoms with van der Waals surface area (Å²) in [6.45, 7) is 0.529. The molecule has 0 spiro atoms. The molecule has 1 heterocycles. The van der Waals surface area contributed by atoms with Crippen molar-refractivity contribution in [2.45, 2.75) is 18.6 Å². The molecule has 2 aromatic carbocycles. The Bertz CT molecular complexity index is 683. The van der Waals surface area contributed by atoms with Crippen molar-refractivity contribution in [1.82, 2.24) is 0 Å². The summed E-state index contributed by atoms with van der Waals surface area (Å²) in [5, 5.41) is 0. The maximum absolute atomic E-state index is 12.1. The van der Waals surface area contributed by atoms with Gasteiger partial charge in [-0.3, -0.25) is 0 Å². The van der Waals surface area contributed by atoms with Crippen molar-refractivity contribution in [3.05, 3.63) is 71.8 Å². The topological polar surface area (TPSA) is 61.8 Å². The predicted octanol–water partition coefficient (Wildman–Crippen LogP) is 2.86. The van der Waals surface area contributed by atoms with Gasteiger partial charge in [-0.25, -0.2) is 9.59 Å². The van der Waals surface area contributed by atoms with Gasteiger partial charge in [0.2, 0.25) is 0 Å². The van der Waals surface area contributed by atoms with Crippen LogP contribution in [0.1, 0.15) is 27.1 Å². The van der Waals surface area contributed by atoms with Crippen molar-refractivity contribution < 1.29 is 23.8 Å². The van der Waals surface area contributed by atoms with Crippen LogP contribution in [-0.2, 0) is 14.2 Å². The first-order chi connectivity index (χ1) is 11.7. The zero-order chi connectivity index (χ0) is 16.8. The lowest BCUT2D eigenvalue weighted by Gasteiger charge is -2.19. The van der Waals surface area contributed by atoms with Crippen LogP contribution in [0.15, 0.2) is 60.7 Å². The van der Waals surface area contributed by atoms with Gasteiger partial charge in [0.25, 0.3) is 0 Å². The van der Waals surface area contributed by atoms with E-state index in [1.807, 2.05) is 12.1 Å². The van der Waals surface area contributed by atoms with Crippen LogP contribution in [-0.4, -0.2) is 37.4 Å². The van der Waals surface area contributed by atoms with E-state index in [0.717, 1.165) is 0 Å². The molecule has 1 fully saturated rings. The van der Waals surface area contributed by atoms with E-state index >= 15 is 0 Å². The summed E-state index contributed by atoms with van der Waals surface area (Å²) >= 11 is 0. The molecule has 1 saturated heterocycles. The van der Waals surface area contributed by atoms with Crippen molar-refractivity contribution >= 4 is 11.9 Å². The maximum atomic E-state index is 12.1. The second-order valence-electron chi connectivity index (χ2n) is 5.47. The third kappa shape index (κ3) is 4.00. The van der Waals surface area contributed by atoms with Gasteiger partial charge in [-0.2, -0.15) is 0 Å². The number of benzene rings is 2. The molecule has 0 aromatic heterocycles. The fourth-order valence-electron chi connectivity index (χ4n) is 2.51. The third-order valence-corrected chi connectivity index (χ3v) is 3.81. The smallest absolute Gasteiger partial charge is 0.338 e. The van der Waals surface area contributed by atoms with E-state index in [1.165, 1.54) is 0 Å². The first-order valence-corrected chi connectivity index (χ1v) is 7.84. The summed E-state index contributed by atoms with van der Waals surface area (Å²) in [7, 11) is 0. The molecule has 0 saturated carbocycles. The summed E-state index contributed by atoms with van der Waals surface area (Å²) in [6.07, 6.45) is -0.266. The van der Waals surface area contributed by atoms with E-state index in [9.17, 15) is 9.59 Å². The number of carbonyl (C=O) groups is 2. The van der Waals surface area contributed by atoms with Gasteiger partial charge in [-0.15, -0.1) is 0 Å². The monoisotopic (exact) mass is 326 g/mol. The molecule has 1 aliphatic heterocycles. The van der Waals surface area contributed by atoms with Gasteiger partial charge in [0.05, 0.1) is 17.7 Å². The second-order valence-corrected chi connectivity index (χ2v) is 5.47. The molecule has 124 valence electrons. The van der Waals surface area contributed by atoms with E-state index in [-0.39, 0.29) is 6.61 Å². The predicted molar refractivity (Wildman–Crippen MR) is 86.7 cm³/mol. The van der Waals surface area contributed by atoms with E-state index < -0.39 is 24.1 Å². The molecule has 0 bridgehead atoms. The fourth-order valence-corrected chi connectivity index (χ4v) is 2.51. The second kappa shape index (κ2) is 7.75. The summed E-state index contributed by atoms with van der Waals surface area (Å²) in [6, 6.07) is 17.5. The largest absolute Gasteiger partial charge is 0.459 e. The lowest BCUT2D eigenvalue weighted by Crippen LogP contribution is -2.32. The maximum Gasteiger partial charge on any atom is 0.338 e. The molecule has 5 nitrogen and oxygen atoms in total. The number of carbonyl (C=O) groups excluding carboxylic acids is 2. The van der Waals surface area contributed by atoms with Crippen LogP contribution in [0.5, 0.6) is 0 Å². The fraction of sp³-hybridized carbons (Fsp3) is 0.263. The molecular formula is C19H18O5. The average molecular weight is 326 g/mol. The van der Waals surface area contributed by atoms with Gasteiger partial charge >= 0.3 is 11.9 Å². The van der Waals surface area contributed by atoms with Gasteiger partial charge < -0.3 is 14.2 Å². The van der Waals surface area contributed by atoms with Crippen LogP contribution >= 0.6 is 0 Å². The standard InChI is InChI=1S/C19H18O5/c20-18(14-7-3-1-4-8-14)23-13-17-16(11-12-22-17)24-19(21)15-9-5-2-6-10-15/h1-10,16-17H,11-13H2/t16-,17+/m1/s1. The van der Waals surface area contributed by atoms with Crippen LogP contribution in [0, 0.1) is 0 Å². The highest BCUT2D eigenvalue weighted by atomic mass is 16.6. The van der Waals surface area contributed by atoms with Crippen LogP contribution in [0.3, 0.4) is 0 Å². The molecule has 5 heteroatoms. The number of rotatable bonds is 5. The number of hydrogen-bond acceptors (Lipinski definition) is 5. The van der Waals surface area contributed by atoms with Crippen molar-refractivity contribution in [2.75, 3.05) is 13.2 Å². The molecule has 2 aromatic rings. The van der Waals surface area contributed by atoms with E-state index in [4.69, 9.17) is 14.2 Å². The quantitative estimate of drug-likeness (QED) is 0.791. The number of hydrogen-bond donors (Lipinski definition) is 0. The van der Waals surface area contributed by atoms with Gasteiger partial charge in [0.15, 0.2) is 0 Å². The Kier molecular flexibility index (Phi) is 5.23. The highest BCUT2D eigenvalue weighted by Crippen LogP contribution is 2.19. The third-order valence-electron chi connectivity index (χ3n) is 3.81. The van der Waals surface area contributed by atoms with Crippen LogP contribution in [0.25, 0.3) is 0 Å². The molecule has 0 amide bonds. The Morgan fingerprint density at radius 3 is 2.12 bits per heavy atom. The van der Waals surface area contributed by atoms with Crippen molar-refractivity contribution in [2.24, 2.45) is 0 Å². The zero-order valence-electron chi connectivity index (χ0n) is 13.1. The normalized spacial score (nSPS) is 19.7. The lowest BCUT2D eigenvalue weighted by atomic mass is 10.2. The average Bonchev–Trinajstić information content (AvgIpc) is 3.08. The molecule has 1 aliphatic rings. The van der Waals surface area contributed by atoms with Gasteiger partial charge in [-0.05, 0) is 24.3 Å². The van der Waals surface area contributed by atoms with Crippen molar-refractivity contribution in [1.29, 1.82) is 0 Å². The summed E-state index contributed by atoms with van der Waals surface area (Å²) < 4.78 is 16.3. The molecule has 2 atom stereocenters. The van der Waals surface area contributed by atoms with Crippen molar-refractivity contribution in [3.63, 3.8) is 0 Å². The number of ether oxygens (including phenoxy) is 3. The number of esters is 2. The van der Waals surface area contributed by atoms with Gasteiger partial charge in [0, 0.05) is 6.42 Å². The van der Waals surface area contributed by atoms with Crippen LogP contribution in [0.4, 0.5) is 0 Å². The lowest BCUT2D eigenvalue weighted by molar-refractivity contribution is -0.0282. The van der Waals surface area contributed by atoms with E-state index in [0.29, 0.717) is 24.2 Å². The molecule has 0 radical (unpaired) electrons. The van der Waals surface area contributed by atoms with Gasteiger partial charge in [-0.1, -0.05) is 36.4 Å². The molecule has 0 N–H and O–H groups in total. The molecule has 3 rings (SSSR count). The highest BCUT2D eigenvalue weighted by Gasteiger charge is 2.33. The molecular weight excluding hydrogens is 308 g/mol. The van der Waals surface area contributed by atoms with Crippen molar-refractivity contribution in [3.8, 4) is 0 Å². The highest BCUT2D eigenvalue weighted by molar-refractivity contribution is 5.90. The Labute approximate surface area is 140 Å². The first kappa shape index (κ1) is 16.2. The van der Waals surface area contributed by atoms with Crippen LogP contribution in [0.2, 0.25) is 0 Å². The summed E-state index contributed by atoms with van der Waals surface area (Å²) in [5.74, 6) is -0.815. The Morgan fingerprint density at radius 2 is 1.50 bits per heavy atom. The van der Waals surface area contributed by atoms with Crippen LogP contribution < -0.4 is 0 Å². The Morgan fingerprint density at radius 1 is 0.917 bits per heavy atom. The van der Waals surface area contributed by atoms with E-state index in [1.54, 1.807) is 48.5 Å². The minimum absolute atomic E-state index is 0.0560. The Balaban J connectivity index is 1.54. The van der Waals surface area contributed by atoms with Gasteiger partial charge in [0.1, 0.15) is 18.8 Å². The molecule has 24 heavy (non-hydrogen) atoms. The zero-order valence-corrected chi connectivity index (χ0v) is 13.1. The molecule has 0 aliphatic carbocycles. The molecule has 0 unspecified atom stereocenters. The van der Waals surface area contributed by atoms with E-state index in [2.05, 4.69) is 0 Å². The Hall–Kier alpha value is -2.66. The summed E-state index contributed by atoms with van der Waals surface area (Å²) in [4.78, 5) is 24.1. The SMILES string of the molecule is O=C(OC[C@@H]1OCC[C@H]1OC(=O)c1ccccc1)c1ccccc1.